The Morgan fingerprint density at radius 2 is 1.57 bits per heavy atom. The van der Waals surface area contributed by atoms with Gasteiger partial charge in [0.15, 0.2) is 0 Å². The van der Waals surface area contributed by atoms with Gasteiger partial charge in [-0.3, -0.25) is 0 Å². The van der Waals surface area contributed by atoms with E-state index in [0.717, 1.165) is 55.1 Å². The Bertz CT molecular complexity index is 1210. The summed E-state index contributed by atoms with van der Waals surface area (Å²) in [4.78, 5) is 0. The Hall–Kier alpha value is -3.34. The summed E-state index contributed by atoms with van der Waals surface area (Å²) in [6.45, 7) is 4.67. The van der Waals surface area contributed by atoms with Crippen LogP contribution < -0.4 is 5.32 Å². The van der Waals surface area contributed by atoms with Crippen molar-refractivity contribution in [2.24, 2.45) is 0 Å². The van der Waals surface area contributed by atoms with Crippen LogP contribution in [0.2, 0.25) is 0 Å². The molecule has 0 amide bonds. The zero-order valence-corrected chi connectivity index (χ0v) is 20.4. The molecule has 4 nitrogen and oxygen atoms in total. The third-order valence-corrected chi connectivity index (χ3v) is 6.87. The minimum Gasteiger partial charge on any atom is -0.380 e. The fourth-order valence-corrected chi connectivity index (χ4v) is 4.94. The summed E-state index contributed by atoms with van der Waals surface area (Å²) in [7, 11) is 0. The highest BCUT2D eigenvalue weighted by Gasteiger charge is 2.28. The van der Waals surface area contributed by atoms with Crippen molar-refractivity contribution in [3.05, 3.63) is 108 Å². The van der Waals surface area contributed by atoms with Crippen LogP contribution in [-0.4, -0.2) is 36.0 Å². The largest absolute Gasteiger partial charge is 0.380 e. The maximum Gasteiger partial charge on any atom is 0.0962 e. The number of aromatic nitrogens is 2. The van der Waals surface area contributed by atoms with Gasteiger partial charge in [0.1, 0.15) is 0 Å². The van der Waals surface area contributed by atoms with E-state index >= 15 is 0 Å². The van der Waals surface area contributed by atoms with E-state index in [1.54, 1.807) is 0 Å². The molecule has 1 saturated heterocycles. The van der Waals surface area contributed by atoms with Gasteiger partial charge in [-0.25, -0.2) is 0 Å². The van der Waals surface area contributed by atoms with E-state index < -0.39 is 0 Å². The van der Waals surface area contributed by atoms with Crippen molar-refractivity contribution in [3.8, 4) is 22.5 Å². The van der Waals surface area contributed by atoms with Crippen LogP contribution in [0.3, 0.4) is 0 Å². The average molecular weight is 464 g/mol. The molecule has 2 atom stereocenters. The van der Waals surface area contributed by atoms with Crippen molar-refractivity contribution >= 4 is 0 Å². The standard InChI is InChI=1S/C31H33N3O/c1-23-14-16-24(17-15-23)28-18-19-32-30(28)22-35-20-8-13-27-21-29(25-9-4-2-5-10-25)33-34-31(27)26-11-6-3-7-12-26/h2-7,9-12,14-17,21,28,30,32H,8,13,18-20,22H2,1H3/t28-,30-/m1/s1. The lowest BCUT2D eigenvalue weighted by molar-refractivity contribution is 0.110. The van der Waals surface area contributed by atoms with Gasteiger partial charge < -0.3 is 10.1 Å². The van der Waals surface area contributed by atoms with Gasteiger partial charge >= 0.3 is 0 Å². The van der Waals surface area contributed by atoms with Crippen molar-refractivity contribution < 1.29 is 4.74 Å². The van der Waals surface area contributed by atoms with Crippen molar-refractivity contribution in [2.45, 2.75) is 38.1 Å². The molecule has 0 bridgehead atoms. The lowest BCUT2D eigenvalue weighted by Crippen LogP contribution is -2.31. The molecule has 0 saturated carbocycles. The minimum absolute atomic E-state index is 0.380. The molecule has 1 aromatic heterocycles. The van der Waals surface area contributed by atoms with Crippen LogP contribution in [0.5, 0.6) is 0 Å². The molecule has 0 radical (unpaired) electrons. The second-order valence-electron chi connectivity index (χ2n) is 9.38. The summed E-state index contributed by atoms with van der Waals surface area (Å²) in [5.74, 6) is 0.526. The topological polar surface area (TPSA) is 47.0 Å². The first kappa shape index (κ1) is 23.4. The molecule has 3 aromatic carbocycles. The number of benzene rings is 3. The number of ether oxygens (including phenoxy) is 1. The maximum atomic E-state index is 6.18. The van der Waals surface area contributed by atoms with Crippen LogP contribution in [0.25, 0.3) is 22.5 Å². The van der Waals surface area contributed by atoms with Gasteiger partial charge in [0.25, 0.3) is 0 Å². The Kier molecular flexibility index (Phi) is 7.62. The highest BCUT2D eigenvalue weighted by molar-refractivity contribution is 5.67. The number of nitrogens with zero attached hydrogens (tertiary/aromatic N) is 2. The molecular formula is C31H33N3O. The number of rotatable bonds is 9. The van der Waals surface area contributed by atoms with Crippen LogP contribution in [0.1, 0.15) is 35.4 Å². The monoisotopic (exact) mass is 463 g/mol. The highest BCUT2D eigenvalue weighted by atomic mass is 16.5. The number of aryl methyl sites for hydroxylation is 2. The summed E-state index contributed by atoms with van der Waals surface area (Å²) >= 11 is 0. The van der Waals surface area contributed by atoms with Gasteiger partial charge in [0.2, 0.25) is 0 Å². The first-order valence-electron chi connectivity index (χ1n) is 12.6. The molecule has 35 heavy (non-hydrogen) atoms. The van der Waals surface area contributed by atoms with Crippen molar-refractivity contribution in [1.29, 1.82) is 0 Å². The molecule has 0 aliphatic carbocycles. The van der Waals surface area contributed by atoms with Gasteiger partial charge in [0.05, 0.1) is 18.0 Å². The zero-order chi connectivity index (χ0) is 23.9. The van der Waals surface area contributed by atoms with E-state index in [0.29, 0.717) is 12.0 Å². The Morgan fingerprint density at radius 3 is 2.31 bits per heavy atom. The van der Waals surface area contributed by atoms with Crippen LogP contribution >= 0.6 is 0 Å². The van der Waals surface area contributed by atoms with E-state index in [9.17, 15) is 0 Å². The SMILES string of the molecule is Cc1ccc([C@H]2CCN[C@@H]2COCCCc2cc(-c3ccccc3)nnc2-c2ccccc2)cc1. The van der Waals surface area contributed by atoms with Crippen LogP contribution in [0, 0.1) is 6.92 Å². The van der Waals surface area contributed by atoms with E-state index in [-0.39, 0.29) is 0 Å². The molecule has 1 N–H and O–H groups in total. The summed E-state index contributed by atoms with van der Waals surface area (Å²) < 4.78 is 6.18. The van der Waals surface area contributed by atoms with Crippen molar-refractivity contribution in [3.63, 3.8) is 0 Å². The first-order valence-corrected chi connectivity index (χ1v) is 12.6. The van der Waals surface area contributed by atoms with E-state index in [1.165, 1.54) is 23.1 Å². The molecule has 0 spiro atoms. The normalized spacial score (nSPS) is 17.5. The Morgan fingerprint density at radius 1 is 0.857 bits per heavy atom. The third kappa shape index (κ3) is 5.84. The number of nitrogens with one attached hydrogen (secondary N) is 1. The Balaban J connectivity index is 1.22. The van der Waals surface area contributed by atoms with Crippen LogP contribution in [-0.2, 0) is 11.2 Å². The van der Waals surface area contributed by atoms with Gasteiger partial charge in [-0.05, 0) is 49.9 Å². The fourth-order valence-electron chi connectivity index (χ4n) is 4.94. The van der Waals surface area contributed by atoms with Gasteiger partial charge in [-0.1, -0.05) is 90.5 Å². The molecular weight excluding hydrogens is 430 g/mol. The lowest BCUT2D eigenvalue weighted by Gasteiger charge is -2.20. The van der Waals surface area contributed by atoms with Crippen LogP contribution in [0.4, 0.5) is 0 Å². The number of hydrogen-bond acceptors (Lipinski definition) is 4. The second kappa shape index (κ2) is 11.4. The van der Waals surface area contributed by atoms with E-state index in [2.05, 4.69) is 77.0 Å². The second-order valence-corrected chi connectivity index (χ2v) is 9.38. The minimum atomic E-state index is 0.380. The lowest BCUT2D eigenvalue weighted by atomic mass is 9.92. The molecule has 178 valence electrons. The summed E-state index contributed by atoms with van der Waals surface area (Å²) in [6.07, 6.45) is 3.02. The number of hydrogen-bond donors (Lipinski definition) is 1. The van der Waals surface area contributed by atoms with Gasteiger partial charge in [-0.15, -0.1) is 10.2 Å². The predicted octanol–water partition coefficient (Wildman–Crippen LogP) is 6.21. The Labute approximate surface area is 208 Å². The molecule has 2 heterocycles. The van der Waals surface area contributed by atoms with Gasteiger partial charge in [0, 0.05) is 29.7 Å². The average Bonchev–Trinajstić information content (AvgIpc) is 3.38. The van der Waals surface area contributed by atoms with Crippen molar-refractivity contribution in [2.75, 3.05) is 19.8 Å². The molecule has 1 aliphatic rings. The maximum absolute atomic E-state index is 6.18. The third-order valence-electron chi connectivity index (χ3n) is 6.87. The highest BCUT2D eigenvalue weighted by Crippen LogP contribution is 2.29. The summed E-state index contributed by atoms with van der Waals surface area (Å²) in [5.41, 5.74) is 8.00. The molecule has 1 aliphatic heterocycles. The summed E-state index contributed by atoms with van der Waals surface area (Å²) in [5, 5.41) is 12.8. The zero-order valence-electron chi connectivity index (χ0n) is 20.4. The van der Waals surface area contributed by atoms with Gasteiger partial charge in [-0.2, -0.15) is 0 Å². The quantitative estimate of drug-likeness (QED) is 0.300. The van der Waals surface area contributed by atoms with Crippen LogP contribution in [0.15, 0.2) is 91.0 Å². The van der Waals surface area contributed by atoms with E-state index in [1.807, 2.05) is 36.4 Å². The van der Waals surface area contributed by atoms with E-state index in [4.69, 9.17) is 4.74 Å². The predicted molar refractivity (Wildman–Crippen MR) is 142 cm³/mol. The summed E-state index contributed by atoms with van der Waals surface area (Å²) in [6, 6.07) is 32.1. The fraction of sp³-hybridized carbons (Fsp3) is 0.290. The first-order chi connectivity index (χ1) is 17.3. The van der Waals surface area contributed by atoms with Crippen molar-refractivity contribution in [1.82, 2.24) is 15.5 Å². The molecule has 1 fully saturated rings. The molecule has 0 unspecified atom stereocenters. The molecule has 4 heteroatoms. The smallest absolute Gasteiger partial charge is 0.0962 e. The molecule has 5 rings (SSSR count). The molecule has 4 aromatic rings.